The second kappa shape index (κ2) is 15.7. The number of ether oxygens (including phenoxy) is 1. The number of benzene rings is 3. The zero-order chi connectivity index (χ0) is 28.7. The number of guanidine groups is 1. The topological polar surface area (TPSA) is 140 Å². The summed E-state index contributed by atoms with van der Waals surface area (Å²) in [6.07, 6.45) is 1.18. The monoisotopic (exact) mass is 543 g/mol. The summed E-state index contributed by atoms with van der Waals surface area (Å²) in [6.45, 7) is 0.606. The molecule has 5 N–H and O–H groups in total. The van der Waals surface area contributed by atoms with E-state index < -0.39 is 23.8 Å². The molecule has 0 aromatic heterocycles. The predicted octanol–water partition coefficient (Wildman–Crippen LogP) is 2.62. The average molecular weight is 544 g/mol. The minimum absolute atomic E-state index is 0.00903. The molecular weight excluding hydrogens is 506 g/mol. The van der Waals surface area contributed by atoms with Crippen LogP contribution in [0, 0.1) is 0 Å². The molecule has 0 fully saturated rings. The zero-order valence-corrected chi connectivity index (χ0v) is 22.8. The van der Waals surface area contributed by atoms with Crippen LogP contribution in [0.15, 0.2) is 89.9 Å². The van der Waals surface area contributed by atoms with Crippen molar-refractivity contribution in [3.8, 4) is 5.75 Å². The molecule has 3 aromatic carbocycles. The summed E-state index contributed by atoms with van der Waals surface area (Å²) in [5, 5.41) is 2.93. The van der Waals surface area contributed by atoms with Crippen LogP contribution in [0.5, 0.6) is 5.75 Å². The van der Waals surface area contributed by atoms with Crippen molar-refractivity contribution in [3.05, 3.63) is 102 Å². The number of hydrogen-bond acceptors (Lipinski definition) is 5. The number of carbonyl (C=O) groups is 3. The summed E-state index contributed by atoms with van der Waals surface area (Å²) >= 11 is 0. The summed E-state index contributed by atoms with van der Waals surface area (Å²) < 4.78 is 5.20. The lowest BCUT2D eigenvalue weighted by Crippen LogP contribution is -2.53. The number of hydrogen-bond donors (Lipinski definition) is 3. The number of amides is 3. The first-order valence-electron chi connectivity index (χ1n) is 13.3. The maximum absolute atomic E-state index is 13.6. The second-order valence-electron chi connectivity index (χ2n) is 9.34. The lowest BCUT2D eigenvalue weighted by Gasteiger charge is -2.30. The molecule has 0 saturated heterocycles. The molecule has 0 spiro atoms. The van der Waals surface area contributed by atoms with Crippen molar-refractivity contribution in [2.75, 3.05) is 20.2 Å². The van der Waals surface area contributed by atoms with E-state index in [4.69, 9.17) is 16.2 Å². The Morgan fingerprint density at radius 3 is 1.88 bits per heavy atom. The van der Waals surface area contributed by atoms with Gasteiger partial charge in [-0.3, -0.25) is 24.3 Å². The van der Waals surface area contributed by atoms with Gasteiger partial charge in [-0.2, -0.15) is 0 Å². The Hall–Kier alpha value is -4.66. The summed E-state index contributed by atoms with van der Waals surface area (Å²) in [5.41, 5.74) is 13.4. The number of imide groups is 1. The zero-order valence-electron chi connectivity index (χ0n) is 22.8. The lowest BCUT2D eigenvalue weighted by molar-refractivity contribution is -0.151. The van der Waals surface area contributed by atoms with Crippen LogP contribution in [0.25, 0.3) is 0 Å². The number of nitrogens with two attached hydrogens (primary N) is 2. The summed E-state index contributed by atoms with van der Waals surface area (Å²) in [4.78, 5) is 45.9. The number of aliphatic imine (C=N–C) groups is 1. The Morgan fingerprint density at radius 2 is 1.38 bits per heavy atom. The molecule has 0 radical (unpaired) electrons. The second-order valence-corrected chi connectivity index (χ2v) is 9.34. The van der Waals surface area contributed by atoms with Gasteiger partial charge in [-0.1, -0.05) is 72.8 Å². The van der Waals surface area contributed by atoms with Crippen LogP contribution in [-0.4, -0.2) is 54.8 Å². The molecule has 9 nitrogen and oxygen atoms in total. The molecule has 3 amide bonds. The Balaban J connectivity index is 1.82. The SMILES string of the molecule is COc1ccc(CCNC(=O)C(CCCN=C(N)N)N(C(=O)Cc2ccccc2)C(=O)Cc2ccccc2)cc1. The van der Waals surface area contributed by atoms with E-state index in [0.29, 0.717) is 19.4 Å². The summed E-state index contributed by atoms with van der Waals surface area (Å²) in [6, 6.07) is 24.9. The molecule has 1 unspecified atom stereocenters. The third-order valence-corrected chi connectivity index (χ3v) is 6.35. The van der Waals surface area contributed by atoms with Crippen molar-refractivity contribution >= 4 is 23.7 Å². The van der Waals surface area contributed by atoms with Crippen molar-refractivity contribution in [1.82, 2.24) is 10.2 Å². The Morgan fingerprint density at radius 1 is 0.825 bits per heavy atom. The first-order valence-corrected chi connectivity index (χ1v) is 13.3. The minimum Gasteiger partial charge on any atom is -0.497 e. The van der Waals surface area contributed by atoms with Crippen molar-refractivity contribution in [2.45, 2.75) is 38.1 Å². The van der Waals surface area contributed by atoms with Gasteiger partial charge in [-0.15, -0.1) is 0 Å². The van der Waals surface area contributed by atoms with Gasteiger partial charge in [-0.25, -0.2) is 0 Å². The van der Waals surface area contributed by atoms with Crippen molar-refractivity contribution in [3.63, 3.8) is 0 Å². The molecule has 3 aromatic rings. The van der Waals surface area contributed by atoms with E-state index in [2.05, 4.69) is 10.3 Å². The molecule has 9 heteroatoms. The van der Waals surface area contributed by atoms with Crippen molar-refractivity contribution in [2.24, 2.45) is 16.5 Å². The number of rotatable bonds is 14. The molecule has 40 heavy (non-hydrogen) atoms. The third kappa shape index (κ3) is 9.58. The average Bonchev–Trinajstić information content (AvgIpc) is 2.95. The molecule has 1 atom stereocenters. The fraction of sp³-hybridized carbons (Fsp3) is 0.290. The minimum atomic E-state index is -1.02. The predicted molar refractivity (Wildman–Crippen MR) is 156 cm³/mol. The molecular formula is C31H37N5O4. The van der Waals surface area contributed by atoms with Crippen LogP contribution < -0.4 is 21.5 Å². The Labute approximate surface area is 235 Å². The van der Waals surface area contributed by atoms with Gasteiger partial charge in [0, 0.05) is 13.1 Å². The molecule has 0 aliphatic rings. The van der Waals surface area contributed by atoms with Gasteiger partial charge < -0.3 is 21.5 Å². The molecule has 210 valence electrons. The van der Waals surface area contributed by atoms with Crippen LogP contribution in [0.4, 0.5) is 0 Å². The lowest BCUT2D eigenvalue weighted by atomic mass is 10.0. The van der Waals surface area contributed by atoms with E-state index in [1.807, 2.05) is 84.9 Å². The molecule has 0 saturated carbocycles. The normalized spacial score (nSPS) is 11.2. The molecule has 0 aliphatic carbocycles. The van der Waals surface area contributed by atoms with Crippen LogP contribution >= 0.6 is 0 Å². The third-order valence-electron chi connectivity index (χ3n) is 6.35. The van der Waals surface area contributed by atoms with E-state index in [9.17, 15) is 14.4 Å². The smallest absolute Gasteiger partial charge is 0.243 e. The van der Waals surface area contributed by atoms with Crippen LogP contribution in [0.1, 0.15) is 29.5 Å². The van der Waals surface area contributed by atoms with Crippen molar-refractivity contribution in [1.29, 1.82) is 0 Å². The number of methoxy groups -OCH3 is 1. The fourth-order valence-electron chi connectivity index (χ4n) is 4.31. The van der Waals surface area contributed by atoms with Gasteiger partial charge in [0.2, 0.25) is 17.7 Å². The Kier molecular flexibility index (Phi) is 11.7. The highest BCUT2D eigenvalue weighted by Gasteiger charge is 2.34. The van der Waals surface area contributed by atoms with E-state index in [0.717, 1.165) is 27.3 Å². The maximum atomic E-state index is 13.6. The van der Waals surface area contributed by atoms with E-state index in [1.54, 1.807) is 7.11 Å². The van der Waals surface area contributed by atoms with E-state index >= 15 is 0 Å². The summed E-state index contributed by atoms with van der Waals surface area (Å²) in [7, 11) is 1.60. The molecule has 3 rings (SSSR count). The Bertz CT molecular complexity index is 1210. The number of carbonyl (C=O) groups excluding carboxylic acids is 3. The molecule has 0 aliphatic heterocycles. The standard InChI is InChI=1S/C31H37N5O4/c1-40-26-16-14-23(15-17-26)18-20-34-30(39)27(13-8-19-35-31(32)33)36(28(37)21-24-9-4-2-5-10-24)29(38)22-25-11-6-3-7-12-25/h2-7,9-12,14-17,27H,8,13,18-22H2,1H3,(H,34,39)(H4,32,33,35). The fourth-order valence-corrected chi connectivity index (χ4v) is 4.31. The largest absolute Gasteiger partial charge is 0.497 e. The highest BCUT2D eigenvalue weighted by atomic mass is 16.5. The highest BCUT2D eigenvalue weighted by molar-refractivity contribution is 6.01. The van der Waals surface area contributed by atoms with Gasteiger partial charge in [0.15, 0.2) is 5.96 Å². The van der Waals surface area contributed by atoms with Crippen molar-refractivity contribution < 1.29 is 19.1 Å². The van der Waals surface area contributed by atoms with Crippen LogP contribution in [0.3, 0.4) is 0 Å². The summed E-state index contributed by atoms with van der Waals surface area (Å²) in [5.74, 6) is -0.592. The first-order chi connectivity index (χ1) is 19.4. The van der Waals surface area contributed by atoms with Gasteiger partial charge in [-0.05, 0) is 48.1 Å². The van der Waals surface area contributed by atoms with E-state index in [1.165, 1.54) is 0 Å². The quantitative estimate of drug-likeness (QED) is 0.162. The molecule has 0 bridgehead atoms. The first kappa shape index (κ1) is 29.9. The van der Waals surface area contributed by atoms with Gasteiger partial charge in [0.25, 0.3) is 0 Å². The maximum Gasteiger partial charge on any atom is 0.243 e. The van der Waals surface area contributed by atoms with Gasteiger partial charge in [0.05, 0.1) is 20.0 Å². The van der Waals surface area contributed by atoms with Crippen LogP contribution in [0.2, 0.25) is 0 Å². The van der Waals surface area contributed by atoms with E-state index in [-0.39, 0.29) is 31.8 Å². The van der Waals surface area contributed by atoms with Crippen LogP contribution in [-0.2, 0) is 33.6 Å². The highest BCUT2D eigenvalue weighted by Crippen LogP contribution is 2.16. The molecule has 0 heterocycles. The van der Waals surface area contributed by atoms with Gasteiger partial charge >= 0.3 is 0 Å². The number of nitrogens with one attached hydrogen (secondary N) is 1. The number of nitrogens with zero attached hydrogens (tertiary/aromatic N) is 2. The van der Waals surface area contributed by atoms with Gasteiger partial charge in [0.1, 0.15) is 11.8 Å².